The van der Waals surface area contributed by atoms with Gasteiger partial charge in [0.05, 0.1) is 11.4 Å². The molecule has 2 aliphatic rings. The second kappa shape index (κ2) is 6.47. The normalized spacial score (nSPS) is 17.8. The van der Waals surface area contributed by atoms with Crippen LogP contribution in [0.2, 0.25) is 0 Å². The first kappa shape index (κ1) is 15.2. The van der Waals surface area contributed by atoms with Gasteiger partial charge in [0.25, 0.3) is 5.91 Å². The third-order valence-corrected chi connectivity index (χ3v) is 4.34. The summed E-state index contributed by atoms with van der Waals surface area (Å²) in [7, 11) is 0. The Labute approximate surface area is 127 Å². The van der Waals surface area contributed by atoms with Gasteiger partial charge in [-0.05, 0) is 18.2 Å². The summed E-state index contributed by atoms with van der Waals surface area (Å²) in [6, 6.07) is 5.53. The number of fused-ring (bicyclic) bond motifs is 1. The fraction of sp³-hybridized carbons (Fsp3) is 0.385. The summed E-state index contributed by atoms with van der Waals surface area (Å²) in [6.07, 6.45) is 0. The molecule has 3 rings (SSSR count). The Morgan fingerprint density at radius 3 is 2.75 bits per heavy atom. The van der Waals surface area contributed by atoms with Gasteiger partial charge < -0.3 is 15.5 Å². The van der Waals surface area contributed by atoms with Crippen LogP contribution in [0.4, 0.5) is 5.69 Å². The molecule has 1 aromatic carbocycles. The highest BCUT2D eigenvalue weighted by Gasteiger charge is 2.21. The van der Waals surface area contributed by atoms with Crippen LogP contribution in [0, 0.1) is 0 Å². The first-order valence-corrected chi connectivity index (χ1v) is 7.29. The minimum atomic E-state index is -0.00993. The van der Waals surface area contributed by atoms with Crippen LogP contribution in [-0.2, 0) is 4.79 Å². The van der Waals surface area contributed by atoms with Gasteiger partial charge in [-0.1, -0.05) is 0 Å². The van der Waals surface area contributed by atoms with Gasteiger partial charge in [0.2, 0.25) is 5.91 Å². The number of nitrogens with one attached hydrogen (secondary N) is 2. The van der Waals surface area contributed by atoms with Gasteiger partial charge in [-0.15, -0.1) is 24.2 Å². The van der Waals surface area contributed by atoms with Crippen molar-refractivity contribution in [1.82, 2.24) is 10.2 Å². The van der Waals surface area contributed by atoms with Gasteiger partial charge in [0.1, 0.15) is 0 Å². The molecule has 2 amide bonds. The summed E-state index contributed by atoms with van der Waals surface area (Å²) >= 11 is 1.51. The lowest BCUT2D eigenvalue weighted by Gasteiger charge is -2.28. The topological polar surface area (TPSA) is 61.4 Å². The second-order valence-electron chi connectivity index (χ2n) is 4.59. The average Bonchev–Trinajstić information content (AvgIpc) is 2.46. The number of thioether (sulfide) groups is 1. The SMILES string of the molecule is Cl.O=C1CSc2ccc(C(=O)N3CCNCC3)cc2N1. The summed E-state index contributed by atoms with van der Waals surface area (Å²) in [5, 5.41) is 6.04. The maximum absolute atomic E-state index is 12.3. The second-order valence-corrected chi connectivity index (χ2v) is 5.61. The number of carbonyl (C=O) groups excluding carboxylic acids is 2. The highest BCUT2D eigenvalue weighted by molar-refractivity contribution is 8.00. The van der Waals surface area contributed by atoms with Gasteiger partial charge >= 0.3 is 0 Å². The number of halogens is 1. The lowest BCUT2D eigenvalue weighted by Crippen LogP contribution is -2.46. The molecule has 0 bridgehead atoms. The molecule has 20 heavy (non-hydrogen) atoms. The molecule has 1 aromatic rings. The lowest BCUT2D eigenvalue weighted by atomic mass is 10.1. The van der Waals surface area contributed by atoms with Crippen molar-refractivity contribution >= 4 is 41.7 Å². The van der Waals surface area contributed by atoms with Crippen molar-refractivity contribution in [3.8, 4) is 0 Å². The summed E-state index contributed by atoms with van der Waals surface area (Å²) < 4.78 is 0. The number of hydrogen-bond acceptors (Lipinski definition) is 4. The van der Waals surface area contributed by atoms with Crippen LogP contribution in [0.15, 0.2) is 23.1 Å². The molecule has 2 heterocycles. The molecule has 0 aliphatic carbocycles. The first-order chi connectivity index (χ1) is 9.24. The molecule has 0 unspecified atom stereocenters. The minimum absolute atomic E-state index is 0. The van der Waals surface area contributed by atoms with Crippen LogP contribution in [-0.4, -0.2) is 48.6 Å². The van der Waals surface area contributed by atoms with Crippen LogP contribution >= 0.6 is 24.2 Å². The third-order valence-electron chi connectivity index (χ3n) is 3.26. The van der Waals surface area contributed by atoms with E-state index >= 15 is 0 Å². The molecule has 2 aliphatic heterocycles. The van der Waals surface area contributed by atoms with Gasteiger partial charge in [-0.25, -0.2) is 0 Å². The van der Waals surface area contributed by atoms with Crippen LogP contribution in [0.3, 0.4) is 0 Å². The average molecular weight is 314 g/mol. The Balaban J connectivity index is 0.00000147. The van der Waals surface area contributed by atoms with Crippen LogP contribution in [0.1, 0.15) is 10.4 Å². The van der Waals surface area contributed by atoms with E-state index in [2.05, 4.69) is 10.6 Å². The summed E-state index contributed by atoms with van der Waals surface area (Å²) in [5.74, 6) is 0.469. The molecule has 0 radical (unpaired) electrons. The highest BCUT2D eigenvalue weighted by Crippen LogP contribution is 2.32. The van der Waals surface area contributed by atoms with E-state index in [0.717, 1.165) is 36.8 Å². The number of piperazine rings is 1. The molecule has 0 spiro atoms. The van der Waals surface area contributed by atoms with Crippen molar-refractivity contribution in [2.45, 2.75) is 4.90 Å². The van der Waals surface area contributed by atoms with E-state index in [9.17, 15) is 9.59 Å². The van der Waals surface area contributed by atoms with Crippen LogP contribution in [0.5, 0.6) is 0 Å². The van der Waals surface area contributed by atoms with Crippen LogP contribution < -0.4 is 10.6 Å². The number of anilines is 1. The zero-order chi connectivity index (χ0) is 13.2. The summed E-state index contributed by atoms with van der Waals surface area (Å²) in [6.45, 7) is 3.14. The molecule has 1 fully saturated rings. The molecule has 108 valence electrons. The molecular formula is C13H16ClN3O2S. The molecule has 0 saturated carbocycles. The maximum Gasteiger partial charge on any atom is 0.254 e. The first-order valence-electron chi connectivity index (χ1n) is 6.31. The summed E-state index contributed by atoms with van der Waals surface area (Å²) in [5.41, 5.74) is 1.39. The molecule has 2 N–H and O–H groups in total. The molecule has 0 aromatic heterocycles. The Morgan fingerprint density at radius 1 is 1.25 bits per heavy atom. The van der Waals surface area contributed by atoms with Crippen molar-refractivity contribution in [1.29, 1.82) is 0 Å². The highest BCUT2D eigenvalue weighted by atomic mass is 35.5. The molecule has 5 nitrogen and oxygen atoms in total. The Bertz CT molecular complexity index is 532. The predicted molar refractivity (Wildman–Crippen MR) is 81.8 cm³/mol. The van der Waals surface area contributed by atoms with E-state index in [1.165, 1.54) is 11.8 Å². The largest absolute Gasteiger partial charge is 0.336 e. The zero-order valence-electron chi connectivity index (χ0n) is 10.8. The van der Waals surface area contributed by atoms with E-state index in [-0.39, 0.29) is 24.2 Å². The van der Waals surface area contributed by atoms with E-state index < -0.39 is 0 Å². The number of hydrogen-bond donors (Lipinski definition) is 2. The maximum atomic E-state index is 12.3. The lowest BCUT2D eigenvalue weighted by molar-refractivity contribution is -0.113. The quantitative estimate of drug-likeness (QED) is 0.818. The minimum Gasteiger partial charge on any atom is -0.336 e. The Morgan fingerprint density at radius 2 is 2.00 bits per heavy atom. The molecule has 7 heteroatoms. The van der Waals surface area contributed by atoms with Crippen LogP contribution in [0.25, 0.3) is 0 Å². The van der Waals surface area contributed by atoms with Crippen molar-refractivity contribution in [3.05, 3.63) is 23.8 Å². The van der Waals surface area contributed by atoms with Crippen molar-refractivity contribution in [2.75, 3.05) is 37.2 Å². The van der Waals surface area contributed by atoms with Gasteiger partial charge in [0.15, 0.2) is 0 Å². The third kappa shape index (κ3) is 3.08. The Kier molecular flexibility index (Phi) is 4.91. The van der Waals surface area contributed by atoms with Gasteiger partial charge in [-0.2, -0.15) is 0 Å². The fourth-order valence-corrected chi connectivity index (χ4v) is 3.06. The number of rotatable bonds is 1. The van der Waals surface area contributed by atoms with E-state index in [1.807, 2.05) is 17.0 Å². The van der Waals surface area contributed by atoms with Crippen molar-refractivity contribution in [2.24, 2.45) is 0 Å². The standard InChI is InChI=1S/C13H15N3O2S.ClH/c17-12-8-19-11-2-1-9(7-10(11)15-12)13(18)16-5-3-14-4-6-16;/h1-2,7,14H,3-6,8H2,(H,15,17);1H. The van der Waals surface area contributed by atoms with Crippen molar-refractivity contribution in [3.63, 3.8) is 0 Å². The van der Waals surface area contributed by atoms with Gasteiger partial charge in [0, 0.05) is 36.6 Å². The van der Waals surface area contributed by atoms with E-state index in [4.69, 9.17) is 0 Å². The van der Waals surface area contributed by atoms with E-state index in [0.29, 0.717) is 11.3 Å². The monoisotopic (exact) mass is 313 g/mol. The number of amides is 2. The molecular weight excluding hydrogens is 298 g/mol. The smallest absolute Gasteiger partial charge is 0.254 e. The summed E-state index contributed by atoms with van der Waals surface area (Å²) in [4.78, 5) is 26.6. The Hall–Kier alpha value is -1.24. The van der Waals surface area contributed by atoms with Crippen molar-refractivity contribution < 1.29 is 9.59 Å². The zero-order valence-corrected chi connectivity index (χ0v) is 12.5. The van der Waals surface area contributed by atoms with E-state index in [1.54, 1.807) is 6.07 Å². The van der Waals surface area contributed by atoms with Gasteiger partial charge in [-0.3, -0.25) is 9.59 Å². The molecule has 0 atom stereocenters. The predicted octanol–water partition coefficient (Wildman–Crippen LogP) is 1.20. The number of carbonyl (C=O) groups is 2. The fourth-order valence-electron chi connectivity index (χ4n) is 2.27. The molecule has 1 saturated heterocycles. The number of benzene rings is 1. The number of nitrogens with zero attached hydrogens (tertiary/aromatic N) is 1.